The van der Waals surface area contributed by atoms with Crippen LogP contribution in [0.5, 0.6) is 0 Å². The van der Waals surface area contributed by atoms with Crippen molar-refractivity contribution in [1.29, 1.82) is 0 Å². The quantitative estimate of drug-likeness (QED) is 0.527. The Bertz CT molecular complexity index is 1280. The third-order valence-electron chi connectivity index (χ3n) is 4.73. The number of nitrogens with one attached hydrogen (secondary N) is 1. The number of benzene rings is 2. The molecule has 7 nitrogen and oxygen atoms in total. The van der Waals surface area contributed by atoms with Crippen molar-refractivity contribution >= 4 is 15.7 Å². The van der Waals surface area contributed by atoms with E-state index in [1.165, 1.54) is 10.2 Å². The van der Waals surface area contributed by atoms with E-state index in [-0.39, 0.29) is 4.90 Å². The molecule has 2 heterocycles. The Morgan fingerprint density at radius 3 is 2.17 bits per heavy atom. The Kier molecular flexibility index (Phi) is 5.09. The number of nitrogens with zero attached hydrogens (tertiary/aromatic N) is 4. The molecule has 0 amide bonds. The molecule has 0 aliphatic heterocycles. The van der Waals surface area contributed by atoms with Crippen LogP contribution in [0.4, 0.5) is 5.69 Å². The Hall–Kier alpha value is -3.52. The van der Waals surface area contributed by atoms with Gasteiger partial charge in [-0.3, -0.25) is 4.72 Å². The molecule has 2 aromatic heterocycles. The van der Waals surface area contributed by atoms with Gasteiger partial charge in [0.2, 0.25) is 0 Å². The third kappa shape index (κ3) is 3.81. The van der Waals surface area contributed by atoms with Crippen LogP contribution in [0.1, 0.15) is 17.0 Å². The Morgan fingerprint density at radius 1 is 0.833 bits per heavy atom. The molecule has 30 heavy (non-hydrogen) atoms. The highest BCUT2D eigenvalue weighted by Gasteiger charge is 2.25. The number of sulfonamides is 1. The molecule has 4 rings (SSSR count). The van der Waals surface area contributed by atoms with Crippen molar-refractivity contribution in [2.45, 2.75) is 25.7 Å². The molecule has 2 aromatic carbocycles. The van der Waals surface area contributed by atoms with Gasteiger partial charge in [-0.05, 0) is 45.0 Å². The molecule has 0 aliphatic rings. The lowest BCUT2D eigenvalue weighted by atomic mass is 10.1. The maximum atomic E-state index is 13.0. The standard InChI is InChI=1S/C22H21N5O2S/c1-15-9-11-18(12-10-15)20-13-14-21(24-23-20)27-17(3)22(16(2)25-27)30(28,29)26-19-7-5-4-6-8-19/h4-14,26H,1-3H3. The molecule has 0 atom stereocenters. The normalized spacial score (nSPS) is 11.4. The van der Waals surface area contributed by atoms with E-state index in [2.05, 4.69) is 20.0 Å². The fraction of sp³-hybridized carbons (Fsp3) is 0.136. The molecular formula is C22H21N5O2S. The van der Waals surface area contributed by atoms with Crippen molar-refractivity contribution in [3.05, 3.63) is 83.7 Å². The van der Waals surface area contributed by atoms with Crippen LogP contribution in [0.2, 0.25) is 0 Å². The summed E-state index contributed by atoms with van der Waals surface area (Å²) < 4.78 is 30.0. The number of aryl methyl sites for hydroxylation is 2. The van der Waals surface area contributed by atoms with Crippen molar-refractivity contribution in [2.75, 3.05) is 4.72 Å². The predicted octanol–water partition coefficient (Wildman–Crippen LogP) is 4.06. The van der Waals surface area contributed by atoms with Gasteiger partial charge in [-0.15, -0.1) is 10.2 Å². The molecule has 0 radical (unpaired) electrons. The zero-order valence-corrected chi connectivity index (χ0v) is 17.7. The van der Waals surface area contributed by atoms with Crippen molar-refractivity contribution in [3.8, 4) is 17.1 Å². The minimum absolute atomic E-state index is 0.135. The van der Waals surface area contributed by atoms with E-state index in [9.17, 15) is 8.42 Å². The number of anilines is 1. The van der Waals surface area contributed by atoms with Crippen LogP contribution in [0.15, 0.2) is 71.6 Å². The molecule has 152 valence electrons. The second kappa shape index (κ2) is 7.72. The number of rotatable bonds is 5. The highest BCUT2D eigenvalue weighted by Crippen LogP contribution is 2.25. The summed E-state index contributed by atoms with van der Waals surface area (Å²) in [5.74, 6) is 0.452. The number of hydrogen-bond acceptors (Lipinski definition) is 5. The van der Waals surface area contributed by atoms with E-state index in [4.69, 9.17) is 0 Å². The first-order chi connectivity index (χ1) is 14.3. The zero-order chi connectivity index (χ0) is 21.3. The molecule has 8 heteroatoms. The largest absolute Gasteiger partial charge is 0.280 e. The average molecular weight is 420 g/mol. The van der Waals surface area contributed by atoms with Crippen LogP contribution in [0.3, 0.4) is 0 Å². The monoisotopic (exact) mass is 419 g/mol. The average Bonchev–Trinajstić information content (AvgIpc) is 3.04. The third-order valence-corrected chi connectivity index (χ3v) is 6.37. The van der Waals surface area contributed by atoms with Gasteiger partial charge < -0.3 is 0 Å². The second-order valence-corrected chi connectivity index (χ2v) is 8.65. The second-order valence-electron chi connectivity index (χ2n) is 7.03. The molecule has 1 N–H and O–H groups in total. The predicted molar refractivity (Wildman–Crippen MR) is 116 cm³/mol. The fourth-order valence-corrected chi connectivity index (χ4v) is 4.72. The molecule has 0 unspecified atom stereocenters. The highest BCUT2D eigenvalue weighted by molar-refractivity contribution is 7.92. The summed E-state index contributed by atoms with van der Waals surface area (Å²) >= 11 is 0. The zero-order valence-electron chi connectivity index (χ0n) is 16.9. The smallest absolute Gasteiger partial charge is 0.265 e. The van der Waals surface area contributed by atoms with Crippen molar-refractivity contribution in [1.82, 2.24) is 20.0 Å². The van der Waals surface area contributed by atoms with E-state index >= 15 is 0 Å². The summed E-state index contributed by atoms with van der Waals surface area (Å²) in [7, 11) is -3.80. The SMILES string of the molecule is Cc1ccc(-c2ccc(-n3nc(C)c(S(=O)(=O)Nc4ccccc4)c3C)nn2)cc1. The van der Waals surface area contributed by atoms with Crippen molar-refractivity contribution < 1.29 is 8.42 Å². The fourth-order valence-electron chi connectivity index (χ4n) is 3.27. The Labute approximate surface area is 175 Å². The van der Waals surface area contributed by atoms with Crippen molar-refractivity contribution in [2.24, 2.45) is 0 Å². The van der Waals surface area contributed by atoms with Crippen LogP contribution in [-0.2, 0) is 10.0 Å². The van der Waals surface area contributed by atoms with Crippen LogP contribution < -0.4 is 4.72 Å². The van der Waals surface area contributed by atoms with Gasteiger partial charge in [-0.2, -0.15) is 5.10 Å². The lowest BCUT2D eigenvalue weighted by Crippen LogP contribution is -2.15. The first-order valence-corrected chi connectivity index (χ1v) is 10.9. The van der Waals surface area contributed by atoms with Gasteiger partial charge in [-0.1, -0.05) is 48.0 Å². The van der Waals surface area contributed by atoms with E-state index in [1.54, 1.807) is 44.2 Å². The molecule has 0 bridgehead atoms. The maximum absolute atomic E-state index is 13.0. The number of hydrogen-bond donors (Lipinski definition) is 1. The lowest BCUT2D eigenvalue weighted by molar-refractivity contribution is 0.600. The van der Waals surface area contributed by atoms with Gasteiger partial charge in [0, 0.05) is 11.3 Å². The Balaban J connectivity index is 1.67. The minimum atomic E-state index is -3.80. The van der Waals surface area contributed by atoms with Gasteiger partial charge >= 0.3 is 0 Å². The van der Waals surface area contributed by atoms with E-state index in [0.29, 0.717) is 22.9 Å². The van der Waals surface area contributed by atoms with Gasteiger partial charge in [0.15, 0.2) is 5.82 Å². The molecular weight excluding hydrogens is 398 g/mol. The number of para-hydroxylation sites is 1. The minimum Gasteiger partial charge on any atom is -0.280 e. The van der Waals surface area contributed by atoms with Crippen molar-refractivity contribution in [3.63, 3.8) is 0 Å². The van der Waals surface area contributed by atoms with Gasteiger partial charge in [0.1, 0.15) is 4.90 Å². The van der Waals surface area contributed by atoms with E-state index in [1.807, 2.05) is 43.3 Å². The van der Waals surface area contributed by atoms with Crippen LogP contribution >= 0.6 is 0 Å². The lowest BCUT2D eigenvalue weighted by Gasteiger charge is -2.09. The molecule has 0 saturated carbocycles. The number of aromatic nitrogens is 4. The van der Waals surface area contributed by atoms with Gasteiger partial charge in [0.05, 0.1) is 17.1 Å². The van der Waals surface area contributed by atoms with Crippen LogP contribution in [0.25, 0.3) is 17.1 Å². The summed E-state index contributed by atoms with van der Waals surface area (Å²) in [5.41, 5.74) is 4.21. The summed E-state index contributed by atoms with van der Waals surface area (Å²) in [4.78, 5) is 0.135. The Morgan fingerprint density at radius 2 is 1.53 bits per heavy atom. The maximum Gasteiger partial charge on any atom is 0.265 e. The summed E-state index contributed by atoms with van der Waals surface area (Å²) in [5, 5.41) is 13.0. The summed E-state index contributed by atoms with van der Waals surface area (Å²) in [6.07, 6.45) is 0. The molecule has 0 saturated heterocycles. The molecule has 0 aliphatic carbocycles. The van der Waals surface area contributed by atoms with Crippen LogP contribution in [-0.4, -0.2) is 28.4 Å². The van der Waals surface area contributed by atoms with Gasteiger partial charge in [0.25, 0.3) is 10.0 Å². The van der Waals surface area contributed by atoms with Crippen LogP contribution in [0, 0.1) is 20.8 Å². The van der Waals surface area contributed by atoms with E-state index in [0.717, 1.165) is 11.3 Å². The summed E-state index contributed by atoms with van der Waals surface area (Å²) in [6.45, 7) is 5.39. The molecule has 0 fully saturated rings. The van der Waals surface area contributed by atoms with E-state index < -0.39 is 10.0 Å². The topological polar surface area (TPSA) is 89.8 Å². The first-order valence-electron chi connectivity index (χ1n) is 9.40. The summed E-state index contributed by atoms with van der Waals surface area (Å²) in [6, 6.07) is 20.4. The van der Waals surface area contributed by atoms with Gasteiger partial charge in [-0.25, -0.2) is 13.1 Å². The first kappa shape index (κ1) is 19.8. The molecule has 4 aromatic rings. The highest BCUT2D eigenvalue weighted by atomic mass is 32.2. The molecule has 0 spiro atoms.